The van der Waals surface area contributed by atoms with E-state index >= 15 is 0 Å². The smallest absolute Gasteiger partial charge is 0.480 e. The van der Waals surface area contributed by atoms with Crippen molar-refractivity contribution in [3.63, 3.8) is 0 Å². The van der Waals surface area contributed by atoms with Crippen LogP contribution in [-0.4, -0.2) is 34.4 Å². The molecule has 0 aliphatic carbocycles. The zero-order valence-electron chi connectivity index (χ0n) is 7.03. The van der Waals surface area contributed by atoms with Crippen molar-refractivity contribution in [3.8, 4) is 0 Å². The third-order valence-corrected chi connectivity index (χ3v) is 1.49. The monoisotopic (exact) mass is 175 g/mol. The van der Waals surface area contributed by atoms with Crippen molar-refractivity contribution in [2.75, 3.05) is 0 Å². The highest BCUT2D eigenvalue weighted by Crippen LogP contribution is 2.00. The molecule has 0 aromatic heterocycles. The second-order valence-electron chi connectivity index (χ2n) is 2.57. The van der Waals surface area contributed by atoms with Crippen LogP contribution in [0.15, 0.2) is 0 Å². The van der Waals surface area contributed by atoms with Crippen LogP contribution in [0.25, 0.3) is 0 Å². The fraction of sp³-hybridized carbons (Fsp3) is 0.833. The van der Waals surface area contributed by atoms with Crippen LogP contribution in [0.3, 0.4) is 0 Å². The first-order valence-corrected chi connectivity index (χ1v) is 3.93. The average Bonchev–Trinajstić information content (AvgIpc) is 1.96. The molecule has 6 heteroatoms. The van der Waals surface area contributed by atoms with Gasteiger partial charge in [-0.3, -0.25) is 10.0 Å². The summed E-state index contributed by atoms with van der Waals surface area (Å²) in [6.07, 6.45) is 2.03. The van der Waals surface area contributed by atoms with Crippen LogP contribution >= 0.6 is 0 Å². The zero-order valence-corrected chi connectivity index (χ0v) is 7.03. The van der Waals surface area contributed by atoms with Gasteiger partial charge < -0.3 is 15.2 Å². The van der Waals surface area contributed by atoms with Crippen molar-refractivity contribution in [1.82, 2.24) is 5.23 Å². The molecule has 0 spiro atoms. The minimum absolute atomic E-state index is 0.406. The highest BCUT2D eigenvalue weighted by Gasteiger charge is 2.21. The van der Waals surface area contributed by atoms with Gasteiger partial charge in [-0.1, -0.05) is 19.8 Å². The number of carboxylic acids is 1. The molecule has 0 aliphatic heterocycles. The van der Waals surface area contributed by atoms with Crippen LogP contribution in [-0.2, 0) is 4.79 Å². The summed E-state index contributed by atoms with van der Waals surface area (Å²) < 4.78 is 0. The lowest BCUT2D eigenvalue weighted by Crippen LogP contribution is -2.46. The molecule has 0 rings (SSSR count). The van der Waals surface area contributed by atoms with E-state index in [9.17, 15) is 4.79 Å². The van der Waals surface area contributed by atoms with E-state index < -0.39 is 19.3 Å². The van der Waals surface area contributed by atoms with Gasteiger partial charge in [-0.25, -0.2) is 0 Å². The number of hydrogen-bond donors (Lipinski definition) is 4. The van der Waals surface area contributed by atoms with Crippen molar-refractivity contribution in [2.45, 2.75) is 32.2 Å². The summed E-state index contributed by atoms with van der Waals surface area (Å²) in [4.78, 5) is 10.5. The molecule has 0 aliphatic rings. The van der Waals surface area contributed by atoms with Gasteiger partial charge in [0.25, 0.3) is 0 Å². The molecule has 0 fully saturated rings. The van der Waals surface area contributed by atoms with E-state index in [0.29, 0.717) is 6.42 Å². The first-order valence-electron chi connectivity index (χ1n) is 3.93. The summed E-state index contributed by atoms with van der Waals surface area (Å²) in [7, 11) is -1.76. The lowest BCUT2D eigenvalue weighted by molar-refractivity contribution is -0.139. The van der Waals surface area contributed by atoms with E-state index in [1.165, 1.54) is 0 Å². The molecule has 0 radical (unpaired) electrons. The molecule has 1 atom stereocenters. The number of hydrogen-bond acceptors (Lipinski definition) is 4. The van der Waals surface area contributed by atoms with Crippen LogP contribution in [0.4, 0.5) is 0 Å². The summed E-state index contributed by atoms with van der Waals surface area (Å²) in [5.74, 6) is -1.06. The summed E-state index contributed by atoms with van der Waals surface area (Å²) in [5, 5.41) is 27.6. The fourth-order valence-corrected chi connectivity index (χ4v) is 0.866. The van der Waals surface area contributed by atoms with Crippen LogP contribution in [0, 0.1) is 0 Å². The normalized spacial score (nSPS) is 12.6. The number of carboxylic acid groups (broad SMARTS) is 1. The molecular formula is C6H14BNO4. The molecule has 0 saturated carbocycles. The molecule has 0 aromatic rings. The Hall–Kier alpha value is -0.585. The van der Waals surface area contributed by atoms with Gasteiger partial charge in [0.2, 0.25) is 0 Å². The maximum Gasteiger partial charge on any atom is 0.549 e. The predicted octanol–water partition coefficient (Wildman–Crippen LogP) is -0.811. The van der Waals surface area contributed by atoms with Gasteiger partial charge >= 0.3 is 13.2 Å². The Bertz CT molecular complexity index is 142. The fourth-order valence-electron chi connectivity index (χ4n) is 0.866. The molecule has 5 nitrogen and oxygen atoms in total. The molecule has 12 heavy (non-hydrogen) atoms. The summed E-state index contributed by atoms with van der Waals surface area (Å²) in [6.45, 7) is 1.94. The van der Waals surface area contributed by atoms with Gasteiger partial charge in [-0.05, 0) is 6.42 Å². The molecular weight excluding hydrogens is 161 g/mol. The Morgan fingerprint density at radius 1 is 1.58 bits per heavy atom. The van der Waals surface area contributed by atoms with Crippen molar-refractivity contribution >= 4 is 13.2 Å². The van der Waals surface area contributed by atoms with Crippen LogP contribution in [0.2, 0.25) is 0 Å². The third-order valence-electron chi connectivity index (χ3n) is 1.49. The maximum absolute atomic E-state index is 10.5. The van der Waals surface area contributed by atoms with Gasteiger partial charge in [0.15, 0.2) is 0 Å². The Kier molecular flexibility index (Phi) is 5.70. The minimum Gasteiger partial charge on any atom is -0.480 e. The second kappa shape index (κ2) is 5.99. The third kappa shape index (κ3) is 5.12. The van der Waals surface area contributed by atoms with Crippen molar-refractivity contribution in [1.29, 1.82) is 0 Å². The van der Waals surface area contributed by atoms with E-state index in [2.05, 4.69) is 5.23 Å². The SMILES string of the molecule is CCCC[C@H](NB(O)O)C(=O)O. The molecule has 0 heterocycles. The Labute approximate surface area is 71.6 Å². The second-order valence-corrected chi connectivity index (χ2v) is 2.57. The minimum atomic E-state index is -1.76. The van der Waals surface area contributed by atoms with E-state index in [0.717, 1.165) is 12.8 Å². The van der Waals surface area contributed by atoms with E-state index in [1.807, 2.05) is 6.92 Å². The van der Waals surface area contributed by atoms with Gasteiger partial charge in [-0.15, -0.1) is 0 Å². The van der Waals surface area contributed by atoms with Crippen molar-refractivity contribution in [2.24, 2.45) is 0 Å². The molecule has 0 aromatic carbocycles. The maximum atomic E-state index is 10.5. The molecule has 0 bridgehead atoms. The highest BCUT2D eigenvalue weighted by atomic mass is 16.4. The quantitative estimate of drug-likeness (QED) is 0.396. The Balaban J connectivity index is 3.78. The molecule has 0 unspecified atom stereocenters. The Morgan fingerprint density at radius 2 is 2.17 bits per heavy atom. The molecule has 4 N–H and O–H groups in total. The van der Waals surface area contributed by atoms with Gasteiger partial charge in [0.05, 0.1) is 6.04 Å². The van der Waals surface area contributed by atoms with Crippen LogP contribution in [0.5, 0.6) is 0 Å². The number of rotatable bonds is 6. The van der Waals surface area contributed by atoms with E-state index in [1.54, 1.807) is 0 Å². The predicted molar refractivity (Wildman–Crippen MR) is 44.3 cm³/mol. The van der Waals surface area contributed by atoms with Crippen LogP contribution < -0.4 is 5.23 Å². The first kappa shape index (κ1) is 11.4. The standard InChI is InChI=1S/C6H14BNO4/c1-2-3-4-5(6(9)10)8-7(11)12/h5,8,11-12H,2-4H2,1H3,(H,9,10)/t5-/m0/s1. The van der Waals surface area contributed by atoms with Gasteiger partial charge in [-0.2, -0.15) is 0 Å². The van der Waals surface area contributed by atoms with E-state index in [4.69, 9.17) is 15.2 Å². The van der Waals surface area contributed by atoms with Crippen molar-refractivity contribution in [3.05, 3.63) is 0 Å². The number of aliphatic carboxylic acids is 1. The Morgan fingerprint density at radius 3 is 2.50 bits per heavy atom. The lowest BCUT2D eigenvalue weighted by atomic mass is 10.0. The summed E-state index contributed by atoms with van der Waals surface area (Å²) in [6, 6.07) is -0.870. The van der Waals surface area contributed by atoms with Gasteiger partial charge in [0.1, 0.15) is 0 Å². The molecule has 70 valence electrons. The van der Waals surface area contributed by atoms with Crippen molar-refractivity contribution < 1.29 is 19.9 Å². The molecule has 0 amide bonds. The topological polar surface area (TPSA) is 89.8 Å². The zero-order chi connectivity index (χ0) is 9.56. The largest absolute Gasteiger partial charge is 0.549 e. The van der Waals surface area contributed by atoms with Crippen LogP contribution in [0.1, 0.15) is 26.2 Å². The number of carbonyl (C=O) groups is 1. The molecule has 0 saturated heterocycles. The number of nitrogens with one attached hydrogen (secondary N) is 1. The first-order chi connectivity index (χ1) is 5.57. The van der Waals surface area contributed by atoms with E-state index in [-0.39, 0.29) is 0 Å². The lowest BCUT2D eigenvalue weighted by Gasteiger charge is -2.12. The van der Waals surface area contributed by atoms with Gasteiger partial charge in [0, 0.05) is 0 Å². The summed E-state index contributed by atoms with van der Waals surface area (Å²) in [5.41, 5.74) is 0. The number of unbranched alkanes of at least 4 members (excludes halogenated alkanes) is 1. The summed E-state index contributed by atoms with van der Waals surface area (Å²) >= 11 is 0. The average molecular weight is 175 g/mol. The highest BCUT2D eigenvalue weighted by molar-refractivity contribution is 6.38.